The number of aryl methyl sites for hydroxylation is 4. The highest BCUT2D eigenvalue weighted by Gasteiger charge is 2.39. The van der Waals surface area contributed by atoms with Crippen LogP contribution in [0.2, 0.25) is 0 Å². The van der Waals surface area contributed by atoms with Crippen LogP contribution >= 0.6 is 0 Å². The lowest BCUT2D eigenvalue weighted by molar-refractivity contribution is -0.567. The SMILES string of the molecule is COC1N(c2cc(C)cc(C)c2)c2ccc(-c3cccc4c3oc3ccccc34)cc2N1c1ccccc1.Cc1cc(C)cc(-n2c[n+](-c3ccccc3)c3cc(-c4cccc5c4oc4ccccc45)ccc32)c1.[Cl-]. The van der Waals surface area contributed by atoms with E-state index in [2.05, 4.69) is 241 Å². The van der Waals surface area contributed by atoms with Crippen LogP contribution in [-0.4, -0.2) is 18.0 Å². The predicted molar refractivity (Wildman–Crippen MR) is 304 cm³/mol. The summed E-state index contributed by atoms with van der Waals surface area (Å²) in [6.45, 7) is 8.59. The molecule has 14 rings (SSSR count). The van der Waals surface area contributed by atoms with Gasteiger partial charge < -0.3 is 26.0 Å². The second-order valence-corrected chi connectivity index (χ2v) is 19.5. The summed E-state index contributed by atoms with van der Waals surface area (Å²) in [5, 5.41) is 4.56. The van der Waals surface area contributed by atoms with E-state index in [0.717, 1.165) is 106 Å². The minimum atomic E-state index is -0.328. The van der Waals surface area contributed by atoms with Crippen molar-refractivity contribution in [1.82, 2.24) is 4.57 Å². The molecule has 1 atom stereocenters. The molecule has 1 aliphatic rings. The topological polar surface area (TPSA) is 50.8 Å². The molecule has 3 aromatic heterocycles. The third-order valence-electron chi connectivity index (χ3n) is 14.3. The van der Waals surface area contributed by atoms with Gasteiger partial charge in [-0.25, -0.2) is 0 Å². The fourth-order valence-electron chi connectivity index (χ4n) is 11.2. The summed E-state index contributed by atoms with van der Waals surface area (Å²) in [4.78, 5) is 4.56. The van der Waals surface area contributed by atoms with E-state index in [1.807, 2.05) is 30.3 Å². The van der Waals surface area contributed by atoms with E-state index >= 15 is 0 Å². The Hall–Kier alpha value is -8.88. The second-order valence-electron chi connectivity index (χ2n) is 19.5. The van der Waals surface area contributed by atoms with Gasteiger partial charge in [-0.3, -0.25) is 9.80 Å². The Bertz CT molecular complexity index is 4230. The Morgan fingerprint density at radius 1 is 0.427 bits per heavy atom. The Balaban J connectivity index is 0.000000150. The molecule has 7 nitrogen and oxygen atoms in total. The summed E-state index contributed by atoms with van der Waals surface area (Å²) in [5.41, 5.74) is 22.0. The lowest BCUT2D eigenvalue weighted by Crippen LogP contribution is -3.00. The van der Waals surface area contributed by atoms with Crippen molar-refractivity contribution >= 4 is 77.7 Å². The average molecular weight is 998 g/mol. The molecular weight excluding hydrogens is 944 g/mol. The Labute approximate surface area is 442 Å². The molecule has 366 valence electrons. The Morgan fingerprint density at radius 3 is 1.51 bits per heavy atom. The number of nitrogens with zero attached hydrogens (tertiary/aromatic N) is 4. The molecule has 13 aromatic rings. The maximum atomic E-state index is 6.38. The van der Waals surface area contributed by atoms with Gasteiger partial charge in [-0.15, -0.1) is 0 Å². The molecule has 0 aliphatic carbocycles. The number of ether oxygens (including phenoxy) is 1. The van der Waals surface area contributed by atoms with Crippen molar-refractivity contribution in [1.29, 1.82) is 0 Å². The van der Waals surface area contributed by atoms with Gasteiger partial charge >= 0.3 is 0 Å². The number of methoxy groups -OCH3 is 1. The molecule has 0 radical (unpaired) electrons. The molecule has 0 spiro atoms. The lowest BCUT2D eigenvalue weighted by Gasteiger charge is -2.32. The molecule has 0 fully saturated rings. The number of halogens is 1. The number of rotatable bonds is 7. The number of furan rings is 2. The number of hydrogen-bond donors (Lipinski definition) is 0. The van der Waals surface area contributed by atoms with Crippen LogP contribution < -0.4 is 26.8 Å². The summed E-state index contributed by atoms with van der Waals surface area (Å²) in [6.07, 6.45) is 1.87. The summed E-state index contributed by atoms with van der Waals surface area (Å²) in [7, 11) is 1.78. The van der Waals surface area contributed by atoms with Crippen molar-refractivity contribution in [3.63, 3.8) is 0 Å². The van der Waals surface area contributed by atoms with E-state index in [9.17, 15) is 0 Å². The maximum absolute atomic E-state index is 6.38. The van der Waals surface area contributed by atoms with Gasteiger partial charge in [0.1, 0.15) is 33.7 Å². The monoisotopic (exact) mass is 996 g/mol. The van der Waals surface area contributed by atoms with E-state index in [1.54, 1.807) is 7.11 Å². The fraction of sp³-hybridized carbons (Fsp3) is 0.0896. The molecule has 1 unspecified atom stereocenters. The van der Waals surface area contributed by atoms with E-state index in [4.69, 9.17) is 13.6 Å². The van der Waals surface area contributed by atoms with E-state index in [1.165, 1.54) is 27.9 Å². The van der Waals surface area contributed by atoms with Gasteiger partial charge in [0.25, 0.3) is 6.33 Å². The Morgan fingerprint density at radius 2 is 0.920 bits per heavy atom. The van der Waals surface area contributed by atoms with Crippen molar-refractivity contribution < 1.29 is 30.5 Å². The average Bonchev–Trinajstić information content (AvgIpc) is 4.20. The van der Waals surface area contributed by atoms with E-state index < -0.39 is 0 Å². The van der Waals surface area contributed by atoms with Crippen LogP contribution in [0, 0.1) is 27.7 Å². The number of anilines is 4. The third kappa shape index (κ3) is 8.27. The first-order valence-electron chi connectivity index (χ1n) is 25.2. The van der Waals surface area contributed by atoms with Crippen LogP contribution in [0.25, 0.3) is 88.5 Å². The van der Waals surface area contributed by atoms with Gasteiger partial charge in [0.15, 0.2) is 11.0 Å². The molecule has 75 heavy (non-hydrogen) atoms. The summed E-state index contributed by atoms with van der Waals surface area (Å²) in [6, 6.07) is 77.0. The summed E-state index contributed by atoms with van der Waals surface area (Å²) >= 11 is 0. The standard InChI is InChI=1S/C34H28N2O2.C33H25N2O.ClH/c1-22-18-23(2)20-26(19-22)36-30-17-16-24(21-31(30)35(34(36)37-3)25-10-5-4-6-11-25)27-13-9-14-29-28-12-7-8-15-32(28)38-33(27)29;1-22-17-23(2)19-26(18-22)35-21-34(25-9-4-3-5-10-25)31-20-24(15-16-30(31)35)27-12-8-13-29-28-11-6-7-14-32(28)36-33(27)29;/h4-21,34H,1-3H3;3-21H,1-2H3;1H/q;+1;/p-1. The number of aromatic nitrogens is 2. The van der Waals surface area contributed by atoms with Crippen LogP contribution in [0.3, 0.4) is 0 Å². The number of imidazole rings is 1. The van der Waals surface area contributed by atoms with Gasteiger partial charge in [-0.2, -0.15) is 9.13 Å². The van der Waals surface area contributed by atoms with Gasteiger partial charge in [-0.1, -0.05) is 127 Å². The molecule has 0 N–H and O–H groups in total. The summed E-state index contributed by atoms with van der Waals surface area (Å²) < 4.78 is 23.5. The normalized spacial score (nSPS) is 13.2. The van der Waals surface area contributed by atoms with Gasteiger partial charge in [0, 0.05) is 51.2 Å². The highest BCUT2D eigenvalue weighted by molar-refractivity contribution is 6.11. The van der Waals surface area contributed by atoms with Gasteiger partial charge in [-0.05, 0) is 152 Å². The molecule has 1 aliphatic heterocycles. The van der Waals surface area contributed by atoms with Crippen LogP contribution in [0.15, 0.2) is 234 Å². The van der Waals surface area contributed by atoms with Crippen LogP contribution in [0.5, 0.6) is 0 Å². The van der Waals surface area contributed by atoms with Crippen molar-refractivity contribution in [3.05, 3.63) is 247 Å². The Kier molecular flexibility index (Phi) is 12.1. The molecule has 4 heterocycles. The van der Waals surface area contributed by atoms with Crippen molar-refractivity contribution in [3.8, 4) is 33.6 Å². The highest BCUT2D eigenvalue weighted by Crippen LogP contribution is 2.50. The van der Waals surface area contributed by atoms with Crippen molar-refractivity contribution in [2.75, 3.05) is 16.9 Å². The highest BCUT2D eigenvalue weighted by atomic mass is 35.5. The van der Waals surface area contributed by atoms with Crippen LogP contribution in [-0.2, 0) is 4.74 Å². The van der Waals surface area contributed by atoms with E-state index in [-0.39, 0.29) is 18.8 Å². The lowest BCUT2D eigenvalue weighted by atomic mass is 10.0. The zero-order valence-corrected chi connectivity index (χ0v) is 43.1. The van der Waals surface area contributed by atoms with Crippen molar-refractivity contribution in [2.24, 2.45) is 0 Å². The summed E-state index contributed by atoms with van der Waals surface area (Å²) in [5.74, 6) is 0. The molecule has 0 bridgehead atoms. The van der Waals surface area contributed by atoms with Crippen molar-refractivity contribution in [2.45, 2.75) is 34.0 Å². The minimum absolute atomic E-state index is 0. The number of benzene rings is 10. The molecule has 0 saturated carbocycles. The molecule has 8 heteroatoms. The van der Waals surface area contributed by atoms with Gasteiger partial charge in [0.2, 0.25) is 6.35 Å². The zero-order chi connectivity index (χ0) is 50.0. The first-order valence-corrected chi connectivity index (χ1v) is 25.2. The first-order chi connectivity index (χ1) is 36.3. The number of hydrogen-bond acceptors (Lipinski definition) is 5. The van der Waals surface area contributed by atoms with E-state index in [0.29, 0.717) is 0 Å². The van der Waals surface area contributed by atoms with Gasteiger partial charge in [0.05, 0.1) is 11.4 Å². The minimum Gasteiger partial charge on any atom is -1.00 e. The first kappa shape index (κ1) is 47.1. The molecule has 0 amide bonds. The third-order valence-corrected chi connectivity index (χ3v) is 14.3. The molecular formula is C67H53ClN4O3. The number of fused-ring (bicyclic) bond motifs is 8. The van der Waals surface area contributed by atoms with Crippen LogP contribution in [0.1, 0.15) is 22.3 Å². The molecule has 0 saturated heterocycles. The number of para-hydroxylation sites is 6. The maximum Gasteiger partial charge on any atom is 0.255 e. The second kappa shape index (κ2) is 19.2. The zero-order valence-electron chi connectivity index (χ0n) is 42.3. The fourth-order valence-corrected chi connectivity index (χ4v) is 11.2. The molecule has 10 aromatic carbocycles. The smallest absolute Gasteiger partial charge is 0.255 e. The largest absolute Gasteiger partial charge is 1.00 e. The quantitative estimate of drug-likeness (QED) is 0.149. The van der Waals surface area contributed by atoms with Crippen LogP contribution in [0.4, 0.5) is 22.7 Å². The predicted octanol–water partition coefficient (Wildman–Crippen LogP) is 14.2.